The van der Waals surface area contributed by atoms with E-state index in [1.54, 1.807) is 0 Å². The molecule has 0 saturated heterocycles. The number of rotatable bonds is 1. The molecule has 0 unspecified atom stereocenters. The van der Waals surface area contributed by atoms with Crippen molar-refractivity contribution in [3.05, 3.63) is 33.9 Å². The van der Waals surface area contributed by atoms with Gasteiger partial charge in [0, 0.05) is 6.07 Å². The summed E-state index contributed by atoms with van der Waals surface area (Å²) in [4.78, 5) is 3.54. The van der Waals surface area contributed by atoms with Gasteiger partial charge in [-0.05, 0) is 6.07 Å². The normalized spacial score (nSPS) is 10.4. The Hall–Kier alpha value is -0.680. The van der Waals surface area contributed by atoms with Crippen LogP contribution in [0, 0.1) is 10.4 Å². The van der Waals surface area contributed by atoms with Crippen LogP contribution in [0.15, 0.2) is 18.3 Å². The number of pyridine rings is 1. The molecule has 0 bridgehead atoms. The average Bonchev–Trinajstić information content (AvgIpc) is 1.88. The minimum Gasteiger partial charge on any atom is -0.628 e. The van der Waals surface area contributed by atoms with Gasteiger partial charge in [-0.2, -0.15) is 0 Å². The van der Waals surface area contributed by atoms with E-state index >= 15 is 0 Å². The zero-order chi connectivity index (χ0) is 7.56. The molecule has 0 aliphatic heterocycles. The van der Waals surface area contributed by atoms with E-state index < -0.39 is 5.23 Å². The Labute approximate surface area is 62.2 Å². The number of hydrogen-bond acceptors (Lipinski definition) is 3. The molecule has 0 fully saturated rings. The van der Waals surface area contributed by atoms with Crippen molar-refractivity contribution in [3.8, 4) is 0 Å². The molecule has 10 heavy (non-hydrogen) atoms. The SMILES string of the molecule is [O-][NH+]([O-])c1ccc(Cl)nc1. The highest BCUT2D eigenvalue weighted by atomic mass is 35.5. The van der Waals surface area contributed by atoms with Gasteiger partial charge in [0.1, 0.15) is 10.8 Å². The molecule has 1 heterocycles. The predicted molar refractivity (Wildman–Crippen MR) is 36.6 cm³/mol. The van der Waals surface area contributed by atoms with Gasteiger partial charge < -0.3 is 15.6 Å². The second-order valence-electron chi connectivity index (χ2n) is 1.66. The van der Waals surface area contributed by atoms with Crippen molar-refractivity contribution in [3.63, 3.8) is 0 Å². The highest BCUT2D eigenvalue weighted by Gasteiger charge is 1.92. The third-order valence-electron chi connectivity index (χ3n) is 0.963. The monoisotopic (exact) mass is 159 g/mol. The molecule has 1 N–H and O–H groups in total. The third-order valence-corrected chi connectivity index (χ3v) is 1.19. The van der Waals surface area contributed by atoms with Crippen molar-refractivity contribution in [1.82, 2.24) is 4.98 Å². The van der Waals surface area contributed by atoms with Crippen molar-refractivity contribution >= 4 is 17.3 Å². The average molecular weight is 160 g/mol. The van der Waals surface area contributed by atoms with E-state index in [9.17, 15) is 10.4 Å². The fourth-order valence-electron chi connectivity index (χ4n) is 0.497. The van der Waals surface area contributed by atoms with Gasteiger partial charge >= 0.3 is 0 Å². The summed E-state index contributed by atoms with van der Waals surface area (Å²) in [6.07, 6.45) is 1.15. The summed E-state index contributed by atoms with van der Waals surface area (Å²) in [6, 6.07) is 2.73. The van der Waals surface area contributed by atoms with Crippen LogP contribution in [-0.4, -0.2) is 4.98 Å². The third kappa shape index (κ3) is 1.65. The van der Waals surface area contributed by atoms with Crippen LogP contribution in [-0.2, 0) is 0 Å². The van der Waals surface area contributed by atoms with Crippen molar-refractivity contribution in [1.29, 1.82) is 0 Å². The van der Waals surface area contributed by atoms with Crippen LogP contribution in [0.5, 0.6) is 0 Å². The van der Waals surface area contributed by atoms with Gasteiger partial charge in [-0.1, -0.05) is 11.6 Å². The van der Waals surface area contributed by atoms with E-state index in [-0.39, 0.29) is 10.8 Å². The Morgan fingerprint density at radius 2 is 2.10 bits per heavy atom. The Balaban J connectivity index is 2.89. The van der Waals surface area contributed by atoms with E-state index in [0.29, 0.717) is 0 Å². The molecule has 5 heteroatoms. The number of nitrogens with zero attached hydrogens (tertiary/aromatic N) is 1. The Morgan fingerprint density at radius 1 is 1.40 bits per heavy atom. The standard InChI is InChI=1S/C5H4ClN2O2/c6-5-2-1-4(3-7-5)8(9)10/h1-3,8H/q-1. The second kappa shape index (κ2) is 2.94. The number of nitrogens with one attached hydrogen (secondary N) is 1. The molecule has 1 aromatic heterocycles. The van der Waals surface area contributed by atoms with Gasteiger partial charge in [0.2, 0.25) is 0 Å². The molecule has 0 amide bonds. The maximum absolute atomic E-state index is 10.1. The lowest BCUT2D eigenvalue weighted by molar-refractivity contribution is -0.715. The molecule has 4 nitrogen and oxygen atoms in total. The van der Waals surface area contributed by atoms with Crippen molar-refractivity contribution in [2.75, 3.05) is 0 Å². The van der Waals surface area contributed by atoms with Crippen LogP contribution in [0.1, 0.15) is 0 Å². The lowest BCUT2D eigenvalue weighted by Gasteiger charge is -2.23. The lowest BCUT2D eigenvalue weighted by Crippen LogP contribution is -2.96. The van der Waals surface area contributed by atoms with Crippen LogP contribution in [0.4, 0.5) is 5.69 Å². The maximum atomic E-state index is 10.1. The van der Waals surface area contributed by atoms with Gasteiger partial charge in [-0.25, -0.2) is 4.98 Å². The highest BCUT2D eigenvalue weighted by Crippen LogP contribution is 2.04. The first-order chi connectivity index (χ1) is 4.70. The van der Waals surface area contributed by atoms with E-state index in [4.69, 9.17) is 11.6 Å². The summed E-state index contributed by atoms with van der Waals surface area (Å²) in [5, 5.41) is 19.3. The number of aromatic nitrogens is 1. The van der Waals surface area contributed by atoms with Crippen molar-refractivity contribution in [2.24, 2.45) is 0 Å². The van der Waals surface area contributed by atoms with Gasteiger partial charge in [0.05, 0.1) is 6.20 Å². The van der Waals surface area contributed by atoms with Gasteiger partial charge in [-0.15, -0.1) is 0 Å². The minimum absolute atomic E-state index is 0.0319. The topological polar surface area (TPSA) is 63.5 Å². The molecule has 0 spiro atoms. The van der Waals surface area contributed by atoms with Crippen molar-refractivity contribution in [2.45, 2.75) is 0 Å². The van der Waals surface area contributed by atoms with Crippen LogP contribution in [0.25, 0.3) is 0 Å². The number of quaternary nitrogens is 1. The first kappa shape index (κ1) is 7.43. The zero-order valence-corrected chi connectivity index (χ0v) is 5.63. The fraction of sp³-hybridized carbons (Fsp3) is 0. The molecule has 0 aliphatic rings. The summed E-state index contributed by atoms with van der Waals surface area (Å²) in [7, 11) is 0. The molecule has 0 atom stereocenters. The zero-order valence-electron chi connectivity index (χ0n) is 4.87. The number of hydrogen-bond donors (Lipinski definition) is 1. The van der Waals surface area contributed by atoms with Crippen LogP contribution < -0.4 is 5.23 Å². The van der Waals surface area contributed by atoms with Crippen LogP contribution in [0.2, 0.25) is 5.15 Å². The Kier molecular flexibility index (Phi) is 2.18. The van der Waals surface area contributed by atoms with Crippen LogP contribution in [0.3, 0.4) is 0 Å². The first-order valence-corrected chi connectivity index (χ1v) is 2.91. The summed E-state index contributed by atoms with van der Waals surface area (Å²) < 4.78 is 0. The minimum atomic E-state index is -1.25. The summed E-state index contributed by atoms with van der Waals surface area (Å²) >= 11 is 5.39. The fourth-order valence-corrected chi connectivity index (χ4v) is 0.608. The molecule has 0 aliphatic carbocycles. The molecule has 1 rings (SSSR count). The second-order valence-corrected chi connectivity index (χ2v) is 2.04. The molecule has 0 radical (unpaired) electrons. The number of halogens is 1. The smallest absolute Gasteiger partial charge is 0.149 e. The molecular weight excluding hydrogens is 156 g/mol. The quantitative estimate of drug-likeness (QED) is 0.472. The summed E-state index contributed by atoms with van der Waals surface area (Å²) in [5.41, 5.74) is 0.0319. The largest absolute Gasteiger partial charge is 0.628 e. The maximum Gasteiger partial charge on any atom is 0.149 e. The van der Waals surface area contributed by atoms with Crippen molar-refractivity contribution < 1.29 is 5.23 Å². The molecule has 0 saturated carbocycles. The van der Waals surface area contributed by atoms with E-state index in [2.05, 4.69) is 4.98 Å². The van der Waals surface area contributed by atoms with E-state index in [1.807, 2.05) is 0 Å². The Morgan fingerprint density at radius 3 is 2.50 bits per heavy atom. The van der Waals surface area contributed by atoms with E-state index in [0.717, 1.165) is 6.20 Å². The molecular formula is C5H4ClN2O2-. The van der Waals surface area contributed by atoms with Gasteiger partial charge in [-0.3, -0.25) is 0 Å². The lowest BCUT2D eigenvalue weighted by atomic mass is 10.4. The predicted octanol–water partition coefficient (Wildman–Crippen LogP) is 0.247. The molecule has 1 aromatic rings. The van der Waals surface area contributed by atoms with E-state index in [1.165, 1.54) is 12.1 Å². The molecule has 54 valence electrons. The van der Waals surface area contributed by atoms with Crippen LogP contribution >= 0.6 is 11.6 Å². The summed E-state index contributed by atoms with van der Waals surface area (Å²) in [5.74, 6) is 0. The molecule has 0 aromatic carbocycles. The highest BCUT2D eigenvalue weighted by molar-refractivity contribution is 6.29. The first-order valence-electron chi connectivity index (χ1n) is 2.53. The van der Waals surface area contributed by atoms with Gasteiger partial charge in [0.15, 0.2) is 0 Å². The summed E-state index contributed by atoms with van der Waals surface area (Å²) in [6.45, 7) is 0. The Bertz CT molecular complexity index is 211. The van der Waals surface area contributed by atoms with Gasteiger partial charge in [0.25, 0.3) is 0 Å².